The summed E-state index contributed by atoms with van der Waals surface area (Å²) in [5.74, 6) is 2.20. The van der Waals surface area contributed by atoms with E-state index in [9.17, 15) is 0 Å². The minimum atomic E-state index is 0.565. The number of ether oxygens (including phenoxy) is 1. The van der Waals surface area contributed by atoms with Crippen LogP contribution >= 0.6 is 11.8 Å². The standard InChI is InChI=1S/C17H25NOS/c1-3-11-19-17-8-6-5-7-14(17)13-18-15-9-10-16(12-15)20-4-2/h3,5-8,15-16,18H,1,4,9-13H2,2H3. The van der Waals surface area contributed by atoms with Crippen molar-refractivity contribution in [3.63, 3.8) is 0 Å². The van der Waals surface area contributed by atoms with Gasteiger partial charge in [0.1, 0.15) is 12.4 Å². The molecule has 2 atom stereocenters. The third kappa shape index (κ3) is 4.57. The first-order valence-corrected chi connectivity index (χ1v) is 8.55. The Morgan fingerprint density at radius 3 is 3.05 bits per heavy atom. The van der Waals surface area contributed by atoms with Gasteiger partial charge in [-0.15, -0.1) is 0 Å². The lowest BCUT2D eigenvalue weighted by atomic mass is 10.1. The second kappa shape index (κ2) is 8.38. The van der Waals surface area contributed by atoms with E-state index < -0.39 is 0 Å². The molecule has 0 aliphatic heterocycles. The van der Waals surface area contributed by atoms with E-state index in [4.69, 9.17) is 4.74 Å². The number of benzene rings is 1. The highest BCUT2D eigenvalue weighted by Crippen LogP contribution is 2.30. The van der Waals surface area contributed by atoms with Gasteiger partial charge in [-0.3, -0.25) is 0 Å². The summed E-state index contributed by atoms with van der Waals surface area (Å²) in [6.07, 6.45) is 5.74. The van der Waals surface area contributed by atoms with Crippen molar-refractivity contribution in [1.29, 1.82) is 0 Å². The van der Waals surface area contributed by atoms with Crippen LogP contribution < -0.4 is 10.1 Å². The molecule has 1 saturated carbocycles. The van der Waals surface area contributed by atoms with Crippen molar-refractivity contribution < 1.29 is 4.74 Å². The Labute approximate surface area is 127 Å². The molecule has 1 aliphatic rings. The number of nitrogens with one attached hydrogen (secondary N) is 1. The van der Waals surface area contributed by atoms with Crippen molar-refractivity contribution in [3.05, 3.63) is 42.5 Å². The lowest BCUT2D eigenvalue weighted by Crippen LogP contribution is -2.26. The molecule has 1 aromatic rings. The fraction of sp³-hybridized carbons (Fsp3) is 0.529. The number of para-hydroxylation sites is 1. The lowest BCUT2D eigenvalue weighted by Gasteiger charge is -2.15. The Morgan fingerprint density at radius 2 is 2.25 bits per heavy atom. The van der Waals surface area contributed by atoms with Crippen LogP contribution in [-0.4, -0.2) is 23.7 Å². The minimum absolute atomic E-state index is 0.565. The Bertz CT molecular complexity index is 421. The van der Waals surface area contributed by atoms with Crippen LogP contribution in [0.2, 0.25) is 0 Å². The third-order valence-corrected chi connectivity index (χ3v) is 4.93. The zero-order valence-corrected chi connectivity index (χ0v) is 13.1. The van der Waals surface area contributed by atoms with Gasteiger partial charge < -0.3 is 10.1 Å². The molecule has 0 aromatic heterocycles. The van der Waals surface area contributed by atoms with Gasteiger partial charge in [0.25, 0.3) is 0 Å². The molecule has 20 heavy (non-hydrogen) atoms. The van der Waals surface area contributed by atoms with Gasteiger partial charge >= 0.3 is 0 Å². The lowest BCUT2D eigenvalue weighted by molar-refractivity contribution is 0.356. The summed E-state index contributed by atoms with van der Waals surface area (Å²) < 4.78 is 5.70. The number of thioether (sulfide) groups is 1. The van der Waals surface area contributed by atoms with Gasteiger partial charge in [-0.2, -0.15) is 11.8 Å². The molecular weight excluding hydrogens is 266 g/mol. The van der Waals surface area contributed by atoms with Crippen molar-refractivity contribution in [2.24, 2.45) is 0 Å². The van der Waals surface area contributed by atoms with E-state index in [0.717, 1.165) is 17.5 Å². The van der Waals surface area contributed by atoms with E-state index in [1.54, 1.807) is 6.08 Å². The van der Waals surface area contributed by atoms with Crippen LogP contribution in [0.3, 0.4) is 0 Å². The molecule has 1 aromatic carbocycles. The van der Waals surface area contributed by atoms with Crippen LogP contribution in [0.5, 0.6) is 5.75 Å². The average molecular weight is 291 g/mol. The fourth-order valence-electron chi connectivity index (χ4n) is 2.71. The fourth-order valence-corrected chi connectivity index (χ4v) is 3.85. The van der Waals surface area contributed by atoms with Gasteiger partial charge in [0, 0.05) is 23.4 Å². The molecule has 110 valence electrons. The molecule has 0 amide bonds. The maximum atomic E-state index is 5.70. The smallest absolute Gasteiger partial charge is 0.124 e. The van der Waals surface area contributed by atoms with Gasteiger partial charge in [0.05, 0.1) is 0 Å². The van der Waals surface area contributed by atoms with E-state index in [1.165, 1.54) is 30.6 Å². The molecule has 1 N–H and O–H groups in total. The SMILES string of the molecule is C=CCOc1ccccc1CNC1CCC(SCC)C1. The predicted molar refractivity (Wildman–Crippen MR) is 88.5 cm³/mol. The Balaban J connectivity index is 1.83. The first-order chi connectivity index (χ1) is 9.83. The van der Waals surface area contributed by atoms with E-state index in [-0.39, 0.29) is 0 Å². The van der Waals surface area contributed by atoms with E-state index in [2.05, 4.69) is 42.7 Å². The summed E-state index contributed by atoms with van der Waals surface area (Å²) in [7, 11) is 0. The normalized spacial score (nSPS) is 21.9. The molecule has 0 heterocycles. The quantitative estimate of drug-likeness (QED) is 0.731. The Morgan fingerprint density at radius 1 is 1.40 bits per heavy atom. The van der Waals surface area contributed by atoms with Crippen molar-refractivity contribution in [3.8, 4) is 5.75 Å². The average Bonchev–Trinajstić information content (AvgIpc) is 2.92. The van der Waals surface area contributed by atoms with Gasteiger partial charge in [0.2, 0.25) is 0 Å². The highest BCUT2D eigenvalue weighted by Gasteiger charge is 2.24. The first kappa shape index (κ1) is 15.5. The highest BCUT2D eigenvalue weighted by atomic mass is 32.2. The molecule has 1 aliphatic carbocycles. The summed E-state index contributed by atoms with van der Waals surface area (Å²) >= 11 is 2.10. The van der Waals surface area contributed by atoms with Crippen molar-refractivity contribution in [1.82, 2.24) is 5.32 Å². The second-order valence-electron chi connectivity index (χ2n) is 5.18. The number of hydrogen-bond acceptors (Lipinski definition) is 3. The Kier molecular flexibility index (Phi) is 6.48. The highest BCUT2D eigenvalue weighted by molar-refractivity contribution is 7.99. The molecular formula is C17H25NOS. The maximum absolute atomic E-state index is 5.70. The number of hydrogen-bond donors (Lipinski definition) is 1. The molecule has 2 unspecified atom stereocenters. The molecule has 0 bridgehead atoms. The summed E-state index contributed by atoms with van der Waals surface area (Å²) in [6, 6.07) is 8.92. The van der Waals surface area contributed by atoms with Gasteiger partial charge in [-0.1, -0.05) is 37.8 Å². The van der Waals surface area contributed by atoms with Crippen molar-refractivity contribution >= 4 is 11.8 Å². The maximum Gasteiger partial charge on any atom is 0.124 e. The zero-order valence-electron chi connectivity index (χ0n) is 12.3. The van der Waals surface area contributed by atoms with Crippen molar-refractivity contribution in [2.45, 2.75) is 44.0 Å². The van der Waals surface area contributed by atoms with Crippen LogP contribution in [0.15, 0.2) is 36.9 Å². The molecule has 0 radical (unpaired) electrons. The molecule has 3 heteroatoms. The summed E-state index contributed by atoms with van der Waals surface area (Å²) in [5, 5.41) is 4.54. The van der Waals surface area contributed by atoms with Gasteiger partial charge in [-0.25, -0.2) is 0 Å². The summed E-state index contributed by atoms with van der Waals surface area (Å²) in [6.45, 7) is 7.40. The minimum Gasteiger partial charge on any atom is -0.489 e. The van der Waals surface area contributed by atoms with E-state index in [1.807, 2.05) is 12.1 Å². The first-order valence-electron chi connectivity index (χ1n) is 7.50. The van der Waals surface area contributed by atoms with Crippen LogP contribution in [0.25, 0.3) is 0 Å². The molecule has 0 spiro atoms. The third-order valence-electron chi connectivity index (χ3n) is 3.70. The monoisotopic (exact) mass is 291 g/mol. The predicted octanol–water partition coefficient (Wildman–Crippen LogP) is 4.02. The van der Waals surface area contributed by atoms with Crippen LogP contribution in [-0.2, 0) is 6.54 Å². The van der Waals surface area contributed by atoms with Crippen LogP contribution in [0, 0.1) is 0 Å². The topological polar surface area (TPSA) is 21.3 Å². The van der Waals surface area contributed by atoms with Crippen LogP contribution in [0.4, 0.5) is 0 Å². The van der Waals surface area contributed by atoms with Crippen molar-refractivity contribution in [2.75, 3.05) is 12.4 Å². The van der Waals surface area contributed by atoms with E-state index >= 15 is 0 Å². The van der Waals surface area contributed by atoms with Crippen LogP contribution in [0.1, 0.15) is 31.7 Å². The number of rotatable bonds is 8. The second-order valence-corrected chi connectivity index (χ2v) is 6.75. The Hall–Kier alpha value is -0.930. The largest absolute Gasteiger partial charge is 0.489 e. The molecule has 0 saturated heterocycles. The van der Waals surface area contributed by atoms with Gasteiger partial charge in [0.15, 0.2) is 0 Å². The molecule has 2 rings (SSSR count). The summed E-state index contributed by atoms with van der Waals surface area (Å²) in [4.78, 5) is 0. The van der Waals surface area contributed by atoms with Gasteiger partial charge in [-0.05, 0) is 31.1 Å². The van der Waals surface area contributed by atoms with E-state index in [0.29, 0.717) is 12.6 Å². The molecule has 1 fully saturated rings. The molecule has 2 nitrogen and oxygen atoms in total. The zero-order chi connectivity index (χ0) is 14.2. The summed E-state index contributed by atoms with van der Waals surface area (Å²) in [5.41, 5.74) is 1.24.